The lowest BCUT2D eigenvalue weighted by Crippen LogP contribution is -2.32. The molecule has 2 N–H and O–H groups in total. The van der Waals surface area contributed by atoms with E-state index in [0.717, 1.165) is 16.3 Å². The number of hydrogen-bond donors (Lipinski definition) is 2. The average molecular weight is 401 g/mol. The number of halogens is 2. The number of amides is 1. The summed E-state index contributed by atoms with van der Waals surface area (Å²) in [6.45, 7) is 0. The summed E-state index contributed by atoms with van der Waals surface area (Å²) in [6, 6.07) is 18.9. The summed E-state index contributed by atoms with van der Waals surface area (Å²) in [5.41, 5.74) is 1.53. The molecule has 0 atom stereocenters. The van der Waals surface area contributed by atoms with Gasteiger partial charge in [-0.05, 0) is 52.8 Å². The van der Waals surface area contributed by atoms with Gasteiger partial charge in [-0.15, -0.1) is 0 Å². The third-order valence-corrected chi connectivity index (χ3v) is 4.41. The van der Waals surface area contributed by atoms with E-state index in [1.165, 1.54) is 6.08 Å². The van der Waals surface area contributed by atoms with E-state index in [0.29, 0.717) is 15.7 Å². The molecule has 0 aromatic heterocycles. The number of carbonyl (C=O) groups is 1. The first-order valence-corrected chi connectivity index (χ1v) is 8.92. The van der Waals surface area contributed by atoms with Crippen molar-refractivity contribution in [1.29, 1.82) is 0 Å². The molecule has 0 spiro atoms. The number of fused-ring (bicyclic) bond motifs is 1. The first kappa shape index (κ1) is 18.4. The van der Waals surface area contributed by atoms with E-state index >= 15 is 0 Å². The molecule has 0 saturated heterocycles. The number of hydrogen-bond acceptors (Lipinski definition) is 2. The number of rotatable bonds is 3. The molecule has 3 aromatic rings. The number of thiocarbonyl (C=S) groups is 1. The quantitative estimate of drug-likeness (QED) is 0.439. The van der Waals surface area contributed by atoms with E-state index in [4.69, 9.17) is 35.4 Å². The molecule has 3 nitrogen and oxygen atoms in total. The summed E-state index contributed by atoms with van der Waals surface area (Å²) >= 11 is 17.1. The standard InChI is InChI=1S/C20H14Cl2N2OS/c21-15-9-10-18(17(22)12-15)23-20(26)24-19(25)11-8-14-6-3-5-13-4-1-2-7-16(13)14/h1-12H,(H2,23,24,25,26). The van der Waals surface area contributed by atoms with Gasteiger partial charge in [0.1, 0.15) is 0 Å². The SMILES string of the molecule is O=C(C=Cc1cccc2ccccc12)NC(=S)Nc1ccc(Cl)cc1Cl. The lowest BCUT2D eigenvalue weighted by atomic mass is 10.0. The van der Waals surface area contributed by atoms with Gasteiger partial charge in [0.2, 0.25) is 5.91 Å². The molecule has 0 aliphatic heterocycles. The van der Waals surface area contributed by atoms with Crippen molar-refractivity contribution in [2.45, 2.75) is 0 Å². The summed E-state index contributed by atoms with van der Waals surface area (Å²) in [4.78, 5) is 12.1. The van der Waals surface area contributed by atoms with Crippen LogP contribution in [0.2, 0.25) is 10.0 Å². The molecule has 0 fully saturated rings. The molecular formula is C20H14Cl2N2OS. The molecule has 0 bridgehead atoms. The van der Waals surface area contributed by atoms with Crippen LogP contribution in [0.5, 0.6) is 0 Å². The number of benzene rings is 3. The minimum absolute atomic E-state index is 0.154. The van der Waals surface area contributed by atoms with Gasteiger partial charge >= 0.3 is 0 Å². The van der Waals surface area contributed by atoms with Crippen LogP contribution >= 0.6 is 35.4 Å². The van der Waals surface area contributed by atoms with E-state index in [9.17, 15) is 4.79 Å². The van der Waals surface area contributed by atoms with Gasteiger partial charge in [0, 0.05) is 11.1 Å². The normalized spacial score (nSPS) is 10.8. The maximum absolute atomic E-state index is 12.1. The van der Waals surface area contributed by atoms with Crippen molar-refractivity contribution < 1.29 is 4.79 Å². The maximum atomic E-state index is 12.1. The second-order valence-corrected chi connectivity index (χ2v) is 6.72. The van der Waals surface area contributed by atoms with Crippen molar-refractivity contribution >= 4 is 69.0 Å². The molecule has 1 amide bonds. The Kier molecular flexibility index (Phi) is 5.89. The number of nitrogens with one attached hydrogen (secondary N) is 2. The predicted molar refractivity (Wildman–Crippen MR) is 114 cm³/mol. The first-order chi connectivity index (χ1) is 12.5. The van der Waals surface area contributed by atoms with Gasteiger partial charge < -0.3 is 5.32 Å². The van der Waals surface area contributed by atoms with Crippen LogP contribution in [-0.4, -0.2) is 11.0 Å². The van der Waals surface area contributed by atoms with Crippen molar-refractivity contribution in [3.05, 3.63) is 82.3 Å². The minimum Gasteiger partial charge on any atom is -0.331 e. The Morgan fingerprint density at radius 2 is 1.77 bits per heavy atom. The summed E-state index contributed by atoms with van der Waals surface area (Å²) in [7, 11) is 0. The highest BCUT2D eigenvalue weighted by Crippen LogP contribution is 2.25. The Morgan fingerprint density at radius 1 is 1.00 bits per heavy atom. The van der Waals surface area contributed by atoms with Gasteiger partial charge in [0.25, 0.3) is 0 Å². The van der Waals surface area contributed by atoms with Gasteiger partial charge in [-0.3, -0.25) is 10.1 Å². The average Bonchev–Trinajstić information content (AvgIpc) is 2.62. The smallest absolute Gasteiger partial charge is 0.250 e. The summed E-state index contributed by atoms with van der Waals surface area (Å²) < 4.78 is 0. The van der Waals surface area contributed by atoms with Crippen LogP contribution in [0.3, 0.4) is 0 Å². The van der Waals surface area contributed by atoms with Gasteiger partial charge in [0.05, 0.1) is 10.7 Å². The zero-order chi connectivity index (χ0) is 18.5. The van der Waals surface area contributed by atoms with Crippen LogP contribution in [0, 0.1) is 0 Å². The second-order valence-electron chi connectivity index (χ2n) is 5.47. The van der Waals surface area contributed by atoms with Gasteiger partial charge in [-0.2, -0.15) is 0 Å². The minimum atomic E-state index is -0.333. The molecule has 6 heteroatoms. The zero-order valence-electron chi connectivity index (χ0n) is 13.5. The van der Waals surface area contributed by atoms with Crippen LogP contribution in [0.25, 0.3) is 16.8 Å². The highest BCUT2D eigenvalue weighted by Gasteiger charge is 2.06. The van der Waals surface area contributed by atoms with E-state index < -0.39 is 0 Å². The van der Waals surface area contributed by atoms with Crippen molar-refractivity contribution in [2.24, 2.45) is 0 Å². The van der Waals surface area contributed by atoms with E-state index in [1.54, 1.807) is 24.3 Å². The maximum Gasteiger partial charge on any atom is 0.250 e. The summed E-state index contributed by atoms with van der Waals surface area (Å²) in [6.07, 6.45) is 3.20. The molecule has 0 heterocycles. The third-order valence-electron chi connectivity index (χ3n) is 3.65. The van der Waals surface area contributed by atoms with E-state index in [-0.39, 0.29) is 11.0 Å². The fraction of sp³-hybridized carbons (Fsp3) is 0. The van der Waals surface area contributed by atoms with Crippen molar-refractivity contribution in [3.63, 3.8) is 0 Å². The van der Waals surface area contributed by atoms with Crippen molar-refractivity contribution in [1.82, 2.24) is 5.32 Å². The summed E-state index contributed by atoms with van der Waals surface area (Å²) in [5, 5.41) is 8.75. The van der Waals surface area contributed by atoms with Gasteiger partial charge in [-0.1, -0.05) is 65.7 Å². The molecule has 0 aliphatic carbocycles. The Balaban J connectivity index is 1.66. The Bertz CT molecular complexity index is 1010. The molecule has 3 aromatic carbocycles. The number of carbonyl (C=O) groups excluding carboxylic acids is 1. The Morgan fingerprint density at radius 3 is 2.58 bits per heavy atom. The monoisotopic (exact) mass is 400 g/mol. The second kappa shape index (κ2) is 8.32. The lowest BCUT2D eigenvalue weighted by Gasteiger charge is -2.10. The van der Waals surface area contributed by atoms with Crippen LogP contribution in [0.15, 0.2) is 66.7 Å². The lowest BCUT2D eigenvalue weighted by molar-refractivity contribution is -0.115. The Hall–Kier alpha value is -2.40. The van der Waals surface area contributed by atoms with Crippen LogP contribution in [0.1, 0.15) is 5.56 Å². The Labute approximate surface area is 166 Å². The molecule has 130 valence electrons. The topological polar surface area (TPSA) is 41.1 Å². The van der Waals surface area contributed by atoms with Crippen molar-refractivity contribution in [2.75, 3.05) is 5.32 Å². The molecule has 0 saturated carbocycles. The molecule has 0 unspecified atom stereocenters. The largest absolute Gasteiger partial charge is 0.331 e. The highest BCUT2D eigenvalue weighted by atomic mass is 35.5. The van der Waals surface area contributed by atoms with Crippen molar-refractivity contribution in [3.8, 4) is 0 Å². The van der Waals surface area contributed by atoms with Gasteiger partial charge in [-0.25, -0.2) is 0 Å². The fourth-order valence-electron chi connectivity index (χ4n) is 2.46. The van der Waals surface area contributed by atoms with Gasteiger partial charge in [0.15, 0.2) is 5.11 Å². The molecule has 0 radical (unpaired) electrons. The van der Waals surface area contributed by atoms with E-state index in [2.05, 4.69) is 10.6 Å². The predicted octanol–water partition coefficient (Wildman–Crippen LogP) is 5.67. The number of anilines is 1. The van der Waals surface area contributed by atoms with Crippen LogP contribution < -0.4 is 10.6 Å². The third kappa shape index (κ3) is 4.61. The molecule has 0 aliphatic rings. The van der Waals surface area contributed by atoms with Crippen LogP contribution in [-0.2, 0) is 4.79 Å². The molecule has 3 rings (SSSR count). The zero-order valence-corrected chi connectivity index (χ0v) is 15.8. The molecular weight excluding hydrogens is 387 g/mol. The summed E-state index contributed by atoms with van der Waals surface area (Å²) in [5.74, 6) is -0.333. The highest BCUT2D eigenvalue weighted by molar-refractivity contribution is 7.80. The van der Waals surface area contributed by atoms with E-state index in [1.807, 2.05) is 42.5 Å². The first-order valence-electron chi connectivity index (χ1n) is 7.76. The fourth-order valence-corrected chi connectivity index (χ4v) is 3.13. The van der Waals surface area contributed by atoms with Crippen LogP contribution in [0.4, 0.5) is 5.69 Å². The molecule has 26 heavy (non-hydrogen) atoms.